The second-order valence-electron chi connectivity index (χ2n) is 8.99. The first-order valence-corrected chi connectivity index (χ1v) is 9.28. The van der Waals surface area contributed by atoms with E-state index in [9.17, 15) is 4.79 Å². The third-order valence-electron chi connectivity index (χ3n) is 5.82. The zero-order chi connectivity index (χ0) is 17.3. The Morgan fingerprint density at radius 3 is 2.17 bits per heavy atom. The summed E-state index contributed by atoms with van der Waals surface area (Å²) in [6.45, 7) is 17.4. The van der Waals surface area contributed by atoms with Crippen LogP contribution < -0.4 is 0 Å². The molecule has 2 fully saturated rings. The Morgan fingerprint density at radius 1 is 1.09 bits per heavy atom. The maximum atomic E-state index is 12.4. The van der Waals surface area contributed by atoms with Crippen LogP contribution in [-0.2, 0) is 9.53 Å². The lowest BCUT2D eigenvalue weighted by Gasteiger charge is -2.42. The molecule has 1 unspecified atom stereocenters. The summed E-state index contributed by atoms with van der Waals surface area (Å²) in [6.07, 6.45) is 3.63. The molecular weight excluding hydrogens is 288 g/mol. The van der Waals surface area contributed by atoms with E-state index in [1.807, 2.05) is 25.7 Å². The van der Waals surface area contributed by atoms with Gasteiger partial charge >= 0.3 is 0 Å². The lowest BCUT2D eigenvalue weighted by molar-refractivity contribution is -0.140. The molecule has 1 spiro atoms. The molecule has 2 saturated heterocycles. The Hall–Kier alpha value is -0.610. The summed E-state index contributed by atoms with van der Waals surface area (Å²) in [7, 11) is 0. The Kier molecular flexibility index (Phi) is 5.78. The molecule has 1 atom stereocenters. The summed E-state index contributed by atoms with van der Waals surface area (Å²) in [5.41, 5.74) is 0.121. The van der Waals surface area contributed by atoms with Crippen LogP contribution in [0.25, 0.3) is 0 Å². The number of amides is 1. The maximum absolute atomic E-state index is 12.4. The average molecular weight is 325 g/mol. The summed E-state index contributed by atoms with van der Waals surface area (Å²) in [5, 5.41) is 0. The fourth-order valence-corrected chi connectivity index (χ4v) is 3.75. The van der Waals surface area contributed by atoms with Crippen molar-refractivity contribution in [1.82, 2.24) is 9.80 Å². The van der Waals surface area contributed by atoms with Crippen LogP contribution in [0.15, 0.2) is 0 Å². The highest BCUT2D eigenvalue weighted by Gasteiger charge is 2.42. The van der Waals surface area contributed by atoms with Gasteiger partial charge in [0.25, 0.3) is 0 Å². The van der Waals surface area contributed by atoms with E-state index < -0.39 is 0 Å². The molecule has 0 aliphatic carbocycles. The van der Waals surface area contributed by atoms with Gasteiger partial charge in [-0.3, -0.25) is 4.79 Å². The van der Waals surface area contributed by atoms with E-state index >= 15 is 0 Å². The van der Waals surface area contributed by atoms with Crippen LogP contribution in [0.5, 0.6) is 0 Å². The van der Waals surface area contributed by atoms with Crippen LogP contribution in [0.3, 0.4) is 0 Å². The van der Waals surface area contributed by atoms with Gasteiger partial charge in [-0.15, -0.1) is 0 Å². The zero-order valence-electron chi connectivity index (χ0n) is 16.0. The van der Waals surface area contributed by atoms with Crippen molar-refractivity contribution in [3.63, 3.8) is 0 Å². The predicted octanol–water partition coefficient (Wildman–Crippen LogP) is 3.16. The van der Waals surface area contributed by atoms with Gasteiger partial charge in [-0.05, 0) is 71.4 Å². The largest absolute Gasteiger partial charge is 0.366 e. The van der Waals surface area contributed by atoms with E-state index in [1.165, 1.54) is 25.9 Å². The molecule has 2 aliphatic heterocycles. The molecule has 1 amide bonds. The van der Waals surface area contributed by atoms with Crippen LogP contribution in [0, 0.1) is 11.3 Å². The Balaban J connectivity index is 1.82. The van der Waals surface area contributed by atoms with Crippen molar-refractivity contribution < 1.29 is 9.53 Å². The fourth-order valence-electron chi connectivity index (χ4n) is 3.75. The highest BCUT2D eigenvalue weighted by molar-refractivity contribution is 5.77. The lowest BCUT2D eigenvalue weighted by Crippen LogP contribution is -2.47. The van der Waals surface area contributed by atoms with Gasteiger partial charge in [0.2, 0.25) is 5.91 Å². The van der Waals surface area contributed by atoms with Crippen LogP contribution >= 0.6 is 0 Å². The first-order valence-electron chi connectivity index (χ1n) is 9.28. The third-order valence-corrected chi connectivity index (χ3v) is 5.82. The van der Waals surface area contributed by atoms with Crippen molar-refractivity contribution in [3.05, 3.63) is 0 Å². The van der Waals surface area contributed by atoms with Crippen molar-refractivity contribution in [3.8, 4) is 0 Å². The molecule has 0 radical (unpaired) electrons. The van der Waals surface area contributed by atoms with Crippen molar-refractivity contribution in [2.24, 2.45) is 11.3 Å². The first-order chi connectivity index (χ1) is 10.6. The lowest BCUT2D eigenvalue weighted by atomic mass is 9.77. The second-order valence-corrected chi connectivity index (χ2v) is 8.99. The number of hydrogen-bond acceptors (Lipinski definition) is 3. The number of ether oxygens (including phenoxy) is 1. The number of carbonyl (C=O) groups is 1. The number of piperidine rings is 1. The summed E-state index contributed by atoms with van der Waals surface area (Å²) in [5.74, 6) is 0.870. The monoisotopic (exact) mass is 324 g/mol. The molecule has 4 nitrogen and oxygen atoms in total. The SMILES string of the molecule is CC(C)C(C)N1CCC2(CCN(C(=O)COC(C)(C)C)C2)CC1. The highest BCUT2D eigenvalue weighted by Crippen LogP contribution is 2.41. The molecule has 4 heteroatoms. The van der Waals surface area contributed by atoms with Gasteiger partial charge in [0.15, 0.2) is 0 Å². The highest BCUT2D eigenvalue weighted by atomic mass is 16.5. The van der Waals surface area contributed by atoms with Gasteiger partial charge in [0, 0.05) is 19.1 Å². The Morgan fingerprint density at radius 2 is 1.65 bits per heavy atom. The topological polar surface area (TPSA) is 32.8 Å². The quantitative estimate of drug-likeness (QED) is 0.796. The average Bonchev–Trinajstić information content (AvgIpc) is 2.88. The predicted molar refractivity (Wildman–Crippen MR) is 94.4 cm³/mol. The number of carbonyl (C=O) groups excluding carboxylic acids is 1. The van der Waals surface area contributed by atoms with E-state index in [0.717, 1.165) is 19.5 Å². The van der Waals surface area contributed by atoms with Crippen LogP contribution in [0.2, 0.25) is 0 Å². The normalized spacial score (nSPS) is 23.7. The zero-order valence-corrected chi connectivity index (χ0v) is 16.0. The third kappa shape index (κ3) is 4.93. The van der Waals surface area contributed by atoms with E-state index in [0.29, 0.717) is 17.4 Å². The molecule has 2 rings (SSSR count). The second kappa shape index (κ2) is 7.10. The molecule has 0 aromatic heterocycles. The van der Waals surface area contributed by atoms with Gasteiger partial charge < -0.3 is 14.5 Å². The smallest absolute Gasteiger partial charge is 0.248 e. The fraction of sp³-hybridized carbons (Fsp3) is 0.947. The van der Waals surface area contributed by atoms with Crippen LogP contribution in [0.1, 0.15) is 60.8 Å². The Labute approximate surface area is 142 Å². The van der Waals surface area contributed by atoms with Crippen LogP contribution in [0.4, 0.5) is 0 Å². The Bertz CT molecular complexity index is 406. The molecule has 0 N–H and O–H groups in total. The van der Waals surface area contributed by atoms with Crippen molar-refractivity contribution in [1.29, 1.82) is 0 Å². The van der Waals surface area contributed by atoms with Crippen molar-refractivity contribution in [2.45, 2.75) is 72.4 Å². The molecule has 2 aliphatic rings. The molecule has 134 valence electrons. The van der Waals surface area contributed by atoms with Crippen molar-refractivity contribution in [2.75, 3.05) is 32.8 Å². The molecular formula is C19H36N2O2. The van der Waals surface area contributed by atoms with Gasteiger partial charge in [-0.2, -0.15) is 0 Å². The van der Waals surface area contributed by atoms with E-state index in [-0.39, 0.29) is 18.1 Å². The summed E-state index contributed by atoms with van der Waals surface area (Å²) >= 11 is 0. The summed E-state index contributed by atoms with van der Waals surface area (Å²) in [4.78, 5) is 17.0. The number of likely N-dealkylation sites (tertiary alicyclic amines) is 2. The number of hydrogen-bond donors (Lipinski definition) is 0. The van der Waals surface area contributed by atoms with E-state index in [2.05, 4.69) is 25.7 Å². The molecule has 23 heavy (non-hydrogen) atoms. The minimum atomic E-state index is -0.245. The minimum absolute atomic E-state index is 0.162. The summed E-state index contributed by atoms with van der Waals surface area (Å²) in [6, 6.07) is 0.659. The van der Waals surface area contributed by atoms with E-state index in [4.69, 9.17) is 4.74 Å². The van der Waals surface area contributed by atoms with Gasteiger partial charge in [0.1, 0.15) is 6.61 Å². The van der Waals surface area contributed by atoms with Gasteiger partial charge in [-0.1, -0.05) is 13.8 Å². The molecule has 2 heterocycles. The summed E-state index contributed by atoms with van der Waals surface area (Å²) < 4.78 is 5.65. The number of nitrogens with zero attached hydrogens (tertiary/aromatic N) is 2. The molecule has 0 aromatic carbocycles. The van der Waals surface area contributed by atoms with Crippen LogP contribution in [-0.4, -0.2) is 60.1 Å². The van der Waals surface area contributed by atoms with Gasteiger partial charge in [0.05, 0.1) is 5.60 Å². The number of rotatable bonds is 4. The standard InChI is InChI=1S/C19H36N2O2/c1-15(2)16(3)20-10-7-19(8-11-20)9-12-21(14-19)17(22)13-23-18(4,5)6/h15-16H,7-14H2,1-6H3. The molecule has 0 aromatic rings. The maximum Gasteiger partial charge on any atom is 0.248 e. The molecule has 0 bridgehead atoms. The minimum Gasteiger partial charge on any atom is -0.366 e. The van der Waals surface area contributed by atoms with Crippen molar-refractivity contribution >= 4 is 5.91 Å². The van der Waals surface area contributed by atoms with Gasteiger partial charge in [-0.25, -0.2) is 0 Å². The van der Waals surface area contributed by atoms with E-state index in [1.54, 1.807) is 0 Å². The first kappa shape index (κ1) is 18.7. The molecule has 0 saturated carbocycles.